The molecule has 0 aliphatic heterocycles. The molecule has 7 heteroatoms. The number of hydrogen-bond donors (Lipinski definition) is 2. The van der Waals surface area contributed by atoms with Gasteiger partial charge in [0.2, 0.25) is 10.0 Å². The predicted octanol–water partition coefficient (Wildman–Crippen LogP) is 2.29. The van der Waals surface area contributed by atoms with E-state index in [0.29, 0.717) is 12.1 Å². The summed E-state index contributed by atoms with van der Waals surface area (Å²) < 4.78 is 26.4. The second-order valence-electron chi connectivity index (χ2n) is 4.54. The molecule has 22 heavy (non-hydrogen) atoms. The van der Waals surface area contributed by atoms with Crippen molar-refractivity contribution in [1.29, 1.82) is 0 Å². The number of hydrogen-bond acceptors (Lipinski definition) is 3. The van der Waals surface area contributed by atoms with Crippen LogP contribution in [0.1, 0.15) is 15.9 Å². The molecule has 0 heterocycles. The highest BCUT2D eigenvalue weighted by Crippen LogP contribution is 2.12. The van der Waals surface area contributed by atoms with Gasteiger partial charge in [0, 0.05) is 16.6 Å². The van der Waals surface area contributed by atoms with Crippen LogP contribution in [0.3, 0.4) is 0 Å². The summed E-state index contributed by atoms with van der Waals surface area (Å²) in [4.78, 5) is 12.2. The van der Waals surface area contributed by atoms with Crippen LogP contribution in [-0.4, -0.2) is 21.4 Å². The number of nitrogens with one attached hydrogen (secondary N) is 2. The lowest BCUT2D eigenvalue weighted by Crippen LogP contribution is -2.23. The summed E-state index contributed by atoms with van der Waals surface area (Å²) in [6.07, 6.45) is 0. The van der Waals surface area contributed by atoms with Crippen LogP contribution in [0.4, 0.5) is 0 Å². The average Bonchev–Trinajstić information content (AvgIpc) is 2.53. The fourth-order valence-corrected chi connectivity index (χ4v) is 2.78. The topological polar surface area (TPSA) is 75.3 Å². The van der Waals surface area contributed by atoms with Crippen LogP contribution in [0.5, 0.6) is 0 Å². The highest BCUT2D eigenvalue weighted by Gasteiger charge is 2.10. The van der Waals surface area contributed by atoms with E-state index in [-0.39, 0.29) is 10.8 Å². The van der Waals surface area contributed by atoms with Gasteiger partial charge in [-0.15, -0.1) is 0 Å². The van der Waals surface area contributed by atoms with E-state index in [9.17, 15) is 13.2 Å². The lowest BCUT2D eigenvalue weighted by Gasteiger charge is -2.07. The molecular weight excluding hydrogens is 368 g/mol. The highest BCUT2D eigenvalue weighted by atomic mass is 79.9. The van der Waals surface area contributed by atoms with Crippen LogP contribution < -0.4 is 10.0 Å². The predicted molar refractivity (Wildman–Crippen MR) is 88.0 cm³/mol. The van der Waals surface area contributed by atoms with E-state index < -0.39 is 10.0 Å². The van der Waals surface area contributed by atoms with Gasteiger partial charge in [0.25, 0.3) is 5.91 Å². The van der Waals surface area contributed by atoms with Gasteiger partial charge in [-0.1, -0.05) is 28.1 Å². The number of halogens is 1. The Balaban J connectivity index is 2.00. The number of carbonyl (C=O) groups is 1. The van der Waals surface area contributed by atoms with E-state index >= 15 is 0 Å². The minimum Gasteiger partial charge on any atom is -0.348 e. The summed E-state index contributed by atoms with van der Waals surface area (Å²) in [6.45, 7) is 0.328. The molecule has 2 N–H and O–H groups in total. The van der Waals surface area contributed by atoms with Gasteiger partial charge in [-0.25, -0.2) is 13.1 Å². The van der Waals surface area contributed by atoms with E-state index in [0.717, 1.165) is 10.0 Å². The number of sulfonamides is 1. The molecule has 0 saturated heterocycles. The summed E-state index contributed by atoms with van der Waals surface area (Å²) in [6, 6.07) is 13.4. The van der Waals surface area contributed by atoms with Crippen molar-refractivity contribution in [1.82, 2.24) is 10.0 Å². The van der Waals surface area contributed by atoms with Gasteiger partial charge in [-0.05, 0) is 49.0 Å². The second kappa shape index (κ2) is 7.04. The van der Waals surface area contributed by atoms with Gasteiger partial charge in [0.05, 0.1) is 4.90 Å². The third kappa shape index (κ3) is 4.16. The fourth-order valence-electron chi connectivity index (χ4n) is 1.79. The first-order valence-corrected chi connectivity index (χ1v) is 8.76. The Labute approximate surface area is 137 Å². The summed E-state index contributed by atoms with van der Waals surface area (Å²) in [5.74, 6) is -0.181. The molecule has 0 aliphatic carbocycles. The van der Waals surface area contributed by atoms with Crippen molar-refractivity contribution >= 4 is 31.9 Å². The molecule has 116 valence electrons. The van der Waals surface area contributed by atoms with Crippen LogP contribution in [0.2, 0.25) is 0 Å². The molecule has 0 saturated carbocycles. The Morgan fingerprint density at radius 1 is 1.05 bits per heavy atom. The van der Waals surface area contributed by atoms with Crippen LogP contribution in [0, 0.1) is 0 Å². The Bertz CT molecular complexity index is 756. The zero-order valence-corrected chi connectivity index (χ0v) is 14.2. The molecule has 0 bridgehead atoms. The molecule has 2 rings (SSSR count). The van der Waals surface area contributed by atoms with Crippen molar-refractivity contribution in [3.8, 4) is 0 Å². The number of amides is 1. The quantitative estimate of drug-likeness (QED) is 0.832. The molecule has 0 atom stereocenters. The maximum absolute atomic E-state index is 12.0. The third-order valence-electron chi connectivity index (χ3n) is 3.06. The molecule has 0 aromatic heterocycles. The van der Waals surface area contributed by atoms with Crippen molar-refractivity contribution in [3.05, 3.63) is 64.1 Å². The van der Waals surface area contributed by atoms with Gasteiger partial charge < -0.3 is 5.32 Å². The van der Waals surface area contributed by atoms with Crippen molar-refractivity contribution in [2.75, 3.05) is 7.05 Å². The zero-order chi connectivity index (χ0) is 16.2. The van der Waals surface area contributed by atoms with Gasteiger partial charge in [0.15, 0.2) is 0 Å². The molecular formula is C15H15BrN2O3S. The molecule has 2 aromatic rings. The van der Waals surface area contributed by atoms with E-state index in [1.54, 1.807) is 36.4 Å². The second-order valence-corrected chi connectivity index (χ2v) is 7.34. The Hall–Kier alpha value is -1.70. The van der Waals surface area contributed by atoms with E-state index in [1.807, 2.05) is 0 Å². The first-order valence-electron chi connectivity index (χ1n) is 6.48. The van der Waals surface area contributed by atoms with Gasteiger partial charge in [0.1, 0.15) is 0 Å². The molecule has 0 radical (unpaired) electrons. The first-order chi connectivity index (χ1) is 10.4. The summed E-state index contributed by atoms with van der Waals surface area (Å²) >= 11 is 3.31. The maximum Gasteiger partial charge on any atom is 0.251 e. The molecule has 0 aliphatic rings. The van der Waals surface area contributed by atoms with E-state index in [2.05, 4.69) is 26.0 Å². The first kappa shape index (κ1) is 16.7. The van der Waals surface area contributed by atoms with Crippen LogP contribution in [0.25, 0.3) is 0 Å². The van der Waals surface area contributed by atoms with Crippen molar-refractivity contribution < 1.29 is 13.2 Å². The van der Waals surface area contributed by atoms with Crippen LogP contribution in [-0.2, 0) is 16.6 Å². The highest BCUT2D eigenvalue weighted by molar-refractivity contribution is 9.10. The summed E-state index contributed by atoms with van der Waals surface area (Å²) in [7, 11) is -2.07. The lowest BCUT2D eigenvalue weighted by molar-refractivity contribution is 0.0951. The van der Waals surface area contributed by atoms with Crippen LogP contribution in [0.15, 0.2) is 57.9 Å². The molecule has 1 amide bonds. The molecule has 0 unspecified atom stereocenters. The zero-order valence-electron chi connectivity index (χ0n) is 11.8. The Morgan fingerprint density at radius 3 is 2.18 bits per heavy atom. The number of carbonyl (C=O) groups excluding carboxylic acids is 1. The molecule has 5 nitrogen and oxygen atoms in total. The maximum atomic E-state index is 12.0. The monoisotopic (exact) mass is 382 g/mol. The normalized spacial score (nSPS) is 11.2. The number of benzene rings is 2. The molecule has 0 spiro atoms. The molecule has 2 aromatic carbocycles. The smallest absolute Gasteiger partial charge is 0.251 e. The average molecular weight is 383 g/mol. The largest absolute Gasteiger partial charge is 0.348 e. The minimum absolute atomic E-state index is 0.181. The van der Waals surface area contributed by atoms with E-state index in [4.69, 9.17) is 0 Å². The van der Waals surface area contributed by atoms with Crippen molar-refractivity contribution in [2.45, 2.75) is 11.4 Å². The Morgan fingerprint density at radius 2 is 1.64 bits per heavy atom. The van der Waals surface area contributed by atoms with Crippen molar-refractivity contribution in [3.63, 3.8) is 0 Å². The van der Waals surface area contributed by atoms with E-state index in [1.165, 1.54) is 19.2 Å². The minimum atomic E-state index is -3.44. The van der Waals surface area contributed by atoms with Crippen molar-refractivity contribution in [2.24, 2.45) is 0 Å². The van der Waals surface area contributed by atoms with Gasteiger partial charge in [-0.2, -0.15) is 0 Å². The fraction of sp³-hybridized carbons (Fsp3) is 0.133. The lowest BCUT2D eigenvalue weighted by atomic mass is 10.2. The summed E-state index contributed by atoms with van der Waals surface area (Å²) in [5.41, 5.74) is 1.39. The standard InChI is InChI=1S/C15H15BrN2O3S/c1-17-22(20,21)14-8-2-11(3-9-14)10-18-15(19)12-4-6-13(16)7-5-12/h2-9,17H,10H2,1H3,(H,18,19). The SMILES string of the molecule is CNS(=O)(=O)c1ccc(CNC(=O)c2ccc(Br)cc2)cc1. The summed E-state index contributed by atoms with van der Waals surface area (Å²) in [5, 5.41) is 2.79. The molecule has 0 fully saturated rings. The van der Waals surface area contributed by atoms with Crippen LogP contribution >= 0.6 is 15.9 Å². The Kier molecular flexibility index (Phi) is 5.33. The number of rotatable bonds is 5. The van der Waals surface area contributed by atoms with Gasteiger partial charge >= 0.3 is 0 Å². The van der Waals surface area contributed by atoms with Gasteiger partial charge in [-0.3, -0.25) is 4.79 Å². The third-order valence-corrected chi connectivity index (χ3v) is 5.02.